The molecule has 2 aromatic heterocycles. The Labute approximate surface area is 159 Å². The van der Waals surface area contributed by atoms with E-state index in [2.05, 4.69) is 15.2 Å². The SMILES string of the molecule is Cc1ccc(-n2nc(-c3noc(C(=O)N4CCCC4)n3)c(=O)n(C)c2=O)cc1. The van der Waals surface area contributed by atoms with E-state index in [4.69, 9.17) is 4.52 Å². The van der Waals surface area contributed by atoms with Gasteiger partial charge in [-0.05, 0) is 31.9 Å². The zero-order valence-electron chi connectivity index (χ0n) is 15.5. The van der Waals surface area contributed by atoms with Crippen molar-refractivity contribution in [3.63, 3.8) is 0 Å². The van der Waals surface area contributed by atoms with Crippen molar-refractivity contribution in [2.24, 2.45) is 7.05 Å². The standard InChI is InChI=1S/C18H18N6O4/c1-11-5-7-12(8-6-11)24-18(27)22(2)16(25)13(20-24)14-19-15(28-21-14)17(26)23-9-3-4-10-23/h5-8H,3-4,9-10H2,1-2H3. The maximum atomic E-state index is 12.5. The highest BCUT2D eigenvalue weighted by atomic mass is 16.5. The fourth-order valence-electron chi connectivity index (χ4n) is 3.03. The van der Waals surface area contributed by atoms with Gasteiger partial charge in [0.25, 0.3) is 5.56 Å². The molecule has 0 atom stereocenters. The highest BCUT2D eigenvalue weighted by Crippen LogP contribution is 2.14. The van der Waals surface area contributed by atoms with Crippen molar-refractivity contribution in [1.82, 2.24) is 29.4 Å². The second-order valence-electron chi connectivity index (χ2n) is 6.67. The molecule has 0 N–H and O–H groups in total. The lowest BCUT2D eigenvalue weighted by Crippen LogP contribution is -2.40. The summed E-state index contributed by atoms with van der Waals surface area (Å²) >= 11 is 0. The largest absolute Gasteiger partial charge is 0.351 e. The van der Waals surface area contributed by atoms with Crippen molar-refractivity contribution in [2.75, 3.05) is 13.1 Å². The fourth-order valence-corrected chi connectivity index (χ4v) is 3.03. The smallest absolute Gasteiger partial charge is 0.334 e. The number of carbonyl (C=O) groups excluding carboxylic acids is 1. The molecule has 0 unspecified atom stereocenters. The van der Waals surface area contributed by atoms with Gasteiger partial charge in [-0.25, -0.2) is 4.79 Å². The summed E-state index contributed by atoms with van der Waals surface area (Å²) in [5, 5.41) is 7.87. The highest BCUT2D eigenvalue weighted by molar-refractivity contribution is 5.90. The zero-order valence-corrected chi connectivity index (χ0v) is 15.5. The van der Waals surface area contributed by atoms with Crippen LogP contribution in [0.15, 0.2) is 38.4 Å². The van der Waals surface area contributed by atoms with E-state index >= 15 is 0 Å². The summed E-state index contributed by atoms with van der Waals surface area (Å²) in [6.07, 6.45) is 1.85. The van der Waals surface area contributed by atoms with Crippen LogP contribution in [0.1, 0.15) is 29.1 Å². The molecule has 1 fully saturated rings. The third-order valence-electron chi connectivity index (χ3n) is 4.67. The summed E-state index contributed by atoms with van der Waals surface area (Å²) in [4.78, 5) is 43.1. The Morgan fingerprint density at radius 3 is 2.46 bits per heavy atom. The van der Waals surface area contributed by atoms with Gasteiger partial charge in [0.2, 0.25) is 5.82 Å². The van der Waals surface area contributed by atoms with Gasteiger partial charge in [-0.15, -0.1) is 0 Å². The van der Waals surface area contributed by atoms with Gasteiger partial charge in [0.1, 0.15) is 0 Å². The van der Waals surface area contributed by atoms with Crippen LogP contribution in [-0.2, 0) is 7.05 Å². The van der Waals surface area contributed by atoms with Crippen molar-refractivity contribution in [3.05, 3.63) is 56.6 Å². The zero-order chi connectivity index (χ0) is 19.8. The minimum absolute atomic E-state index is 0.135. The van der Waals surface area contributed by atoms with Gasteiger partial charge in [-0.1, -0.05) is 22.9 Å². The van der Waals surface area contributed by atoms with E-state index in [1.165, 1.54) is 7.05 Å². The van der Waals surface area contributed by atoms with Gasteiger partial charge >= 0.3 is 17.5 Å². The molecular weight excluding hydrogens is 364 g/mol. The minimum atomic E-state index is -0.672. The Balaban J connectivity index is 1.78. The molecule has 28 heavy (non-hydrogen) atoms. The van der Waals surface area contributed by atoms with E-state index in [0.717, 1.165) is 27.7 Å². The molecule has 4 rings (SSSR count). The molecule has 0 saturated carbocycles. The molecule has 1 aliphatic heterocycles. The Hall–Kier alpha value is -3.56. The summed E-state index contributed by atoms with van der Waals surface area (Å²) < 4.78 is 7.06. The topological polar surface area (TPSA) is 116 Å². The molecular formula is C18H18N6O4. The van der Waals surface area contributed by atoms with Crippen molar-refractivity contribution in [1.29, 1.82) is 0 Å². The van der Waals surface area contributed by atoms with Gasteiger partial charge < -0.3 is 9.42 Å². The van der Waals surface area contributed by atoms with Crippen LogP contribution in [-0.4, -0.2) is 48.4 Å². The maximum absolute atomic E-state index is 12.5. The van der Waals surface area contributed by atoms with Crippen molar-refractivity contribution in [3.8, 4) is 17.2 Å². The number of aromatic nitrogens is 5. The van der Waals surface area contributed by atoms with E-state index in [0.29, 0.717) is 18.8 Å². The molecule has 3 heterocycles. The van der Waals surface area contributed by atoms with Crippen LogP contribution in [0, 0.1) is 6.92 Å². The fraction of sp³-hybridized carbons (Fsp3) is 0.333. The quantitative estimate of drug-likeness (QED) is 0.648. The lowest BCUT2D eigenvalue weighted by molar-refractivity contribution is 0.0743. The maximum Gasteiger partial charge on any atom is 0.351 e. The van der Waals surface area contributed by atoms with Crippen LogP contribution < -0.4 is 11.2 Å². The second-order valence-corrected chi connectivity index (χ2v) is 6.67. The predicted molar refractivity (Wildman–Crippen MR) is 98.2 cm³/mol. The summed E-state index contributed by atoms with van der Waals surface area (Å²) in [5.41, 5.74) is 0.0603. The monoisotopic (exact) mass is 382 g/mol. The number of rotatable bonds is 3. The van der Waals surface area contributed by atoms with Gasteiger partial charge in [0.15, 0.2) is 5.69 Å². The lowest BCUT2D eigenvalue weighted by Gasteiger charge is -2.11. The summed E-state index contributed by atoms with van der Waals surface area (Å²) in [7, 11) is 1.34. The number of benzene rings is 1. The Morgan fingerprint density at radius 1 is 1.11 bits per heavy atom. The molecule has 1 aromatic carbocycles. The average molecular weight is 382 g/mol. The van der Waals surface area contributed by atoms with E-state index in [1.54, 1.807) is 17.0 Å². The normalized spacial score (nSPS) is 13.9. The second kappa shape index (κ2) is 6.87. The van der Waals surface area contributed by atoms with E-state index in [-0.39, 0.29) is 23.3 Å². The van der Waals surface area contributed by atoms with Crippen LogP contribution in [0.3, 0.4) is 0 Å². The molecule has 0 bridgehead atoms. The van der Waals surface area contributed by atoms with Gasteiger partial charge in [-0.2, -0.15) is 14.8 Å². The van der Waals surface area contributed by atoms with Crippen LogP contribution in [0.25, 0.3) is 17.2 Å². The molecule has 1 saturated heterocycles. The Kier molecular flexibility index (Phi) is 4.38. The van der Waals surface area contributed by atoms with Crippen molar-refractivity contribution in [2.45, 2.75) is 19.8 Å². The van der Waals surface area contributed by atoms with Crippen LogP contribution in [0.2, 0.25) is 0 Å². The first-order valence-electron chi connectivity index (χ1n) is 8.86. The van der Waals surface area contributed by atoms with E-state index < -0.39 is 11.2 Å². The van der Waals surface area contributed by atoms with E-state index in [1.807, 2.05) is 19.1 Å². The number of aryl methyl sites for hydroxylation is 1. The first-order chi connectivity index (χ1) is 13.5. The Morgan fingerprint density at radius 2 is 1.79 bits per heavy atom. The molecule has 0 aliphatic carbocycles. The van der Waals surface area contributed by atoms with Gasteiger partial charge in [-0.3, -0.25) is 14.2 Å². The molecule has 0 radical (unpaired) electrons. The highest BCUT2D eigenvalue weighted by Gasteiger charge is 2.26. The molecule has 3 aromatic rings. The number of hydrogen-bond donors (Lipinski definition) is 0. The van der Waals surface area contributed by atoms with Gasteiger partial charge in [0.05, 0.1) is 5.69 Å². The first-order valence-corrected chi connectivity index (χ1v) is 8.86. The molecule has 1 aliphatic rings. The summed E-state index contributed by atoms with van der Waals surface area (Å²) in [5.74, 6) is -0.710. The molecule has 10 nitrogen and oxygen atoms in total. The number of likely N-dealkylation sites (tertiary alicyclic amines) is 1. The Bertz CT molecular complexity index is 1150. The first kappa shape index (κ1) is 17.8. The number of amides is 1. The lowest BCUT2D eigenvalue weighted by atomic mass is 10.2. The molecule has 144 valence electrons. The molecule has 10 heteroatoms. The van der Waals surface area contributed by atoms with E-state index in [9.17, 15) is 14.4 Å². The van der Waals surface area contributed by atoms with Crippen molar-refractivity contribution >= 4 is 5.91 Å². The number of nitrogens with zero attached hydrogens (tertiary/aromatic N) is 6. The molecule has 0 spiro atoms. The average Bonchev–Trinajstić information content (AvgIpc) is 3.39. The third-order valence-corrected chi connectivity index (χ3v) is 4.67. The molecule has 1 amide bonds. The minimum Gasteiger partial charge on any atom is -0.334 e. The van der Waals surface area contributed by atoms with Crippen LogP contribution in [0.4, 0.5) is 0 Å². The van der Waals surface area contributed by atoms with Crippen LogP contribution >= 0.6 is 0 Å². The van der Waals surface area contributed by atoms with Crippen molar-refractivity contribution < 1.29 is 9.32 Å². The van der Waals surface area contributed by atoms with Crippen LogP contribution in [0.5, 0.6) is 0 Å². The number of carbonyl (C=O) groups is 1. The number of hydrogen-bond acceptors (Lipinski definition) is 7. The predicted octanol–water partition coefficient (Wildman–Crippen LogP) is 0.526. The summed E-state index contributed by atoms with van der Waals surface area (Å²) in [6.45, 7) is 3.19. The summed E-state index contributed by atoms with van der Waals surface area (Å²) in [6, 6.07) is 7.10. The van der Waals surface area contributed by atoms with Gasteiger partial charge in [0, 0.05) is 20.1 Å². The third kappa shape index (κ3) is 3.02.